The molecule has 2 bridgehead atoms. The van der Waals surface area contributed by atoms with Gasteiger partial charge in [0.25, 0.3) is 0 Å². The fraction of sp³-hybridized carbons (Fsp3) is 0.500. The summed E-state index contributed by atoms with van der Waals surface area (Å²) in [5, 5.41) is 4.28. The van der Waals surface area contributed by atoms with E-state index < -0.39 is 11.5 Å². The van der Waals surface area contributed by atoms with Crippen molar-refractivity contribution in [1.82, 2.24) is 15.2 Å². The molecule has 2 amide bonds. The lowest BCUT2D eigenvalue weighted by Crippen LogP contribution is -2.45. The molecule has 3 aliphatic heterocycles. The number of likely N-dealkylation sites (tertiary alicyclic amines) is 1. The third-order valence-electron chi connectivity index (χ3n) is 7.57. The van der Waals surface area contributed by atoms with Crippen LogP contribution in [0.15, 0.2) is 42.6 Å². The summed E-state index contributed by atoms with van der Waals surface area (Å²) in [4.78, 5) is 31.7. The van der Waals surface area contributed by atoms with Gasteiger partial charge in [-0.1, -0.05) is 43.2 Å². The van der Waals surface area contributed by atoms with Gasteiger partial charge in [0.05, 0.1) is 24.5 Å². The van der Waals surface area contributed by atoms with E-state index in [1.165, 1.54) is 23.8 Å². The molecule has 1 aliphatic carbocycles. The number of ether oxygens (including phenoxy) is 1. The number of benzene rings is 1. The van der Waals surface area contributed by atoms with Crippen LogP contribution < -0.4 is 5.32 Å². The monoisotopic (exact) mass is 405 g/mol. The van der Waals surface area contributed by atoms with Crippen LogP contribution in [0.25, 0.3) is 10.9 Å². The standard InChI is InChI=1S/C24H27N3O3/c28-22(25-12-10-15-13-26-18-8-4-3-7-17(15)18)20-19-9-11-24(30-19)14-27(23(29)21(20)24)16-5-1-2-6-16/h3-4,7-9,11,13,16,19-21,26H,1-2,5-6,10,12,14H2,(H,25,28)/t19-,20-,21+,24+/m1/s1. The molecular formula is C24H27N3O3. The summed E-state index contributed by atoms with van der Waals surface area (Å²) < 4.78 is 6.25. The first-order chi connectivity index (χ1) is 14.7. The Morgan fingerprint density at radius 3 is 2.97 bits per heavy atom. The molecule has 1 aromatic carbocycles. The number of amides is 2. The van der Waals surface area contributed by atoms with E-state index in [4.69, 9.17) is 4.74 Å². The van der Waals surface area contributed by atoms with Gasteiger partial charge in [0.15, 0.2) is 0 Å². The summed E-state index contributed by atoms with van der Waals surface area (Å²) in [5.41, 5.74) is 1.70. The predicted molar refractivity (Wildman–Crippen MR) is 113 cm³/mol. The van der Waals surface area contributed by atoms with Crippen LogP contribution >= 0.6 is 0 Å². The van der Waals surface area contributed by atoms with Gasteiger partial charge in [0, 0.05) is 29.7 Å². The third-order valence-corrected chi connectivity index (χ3v) is 7.57. The molecule has 4 aliphatic rings. The molecule has 2 aromatic rings. The third kappa shape index (κ3) is 2.59. The zero-order valence-electron chi connectivity index (χ0n) is 17.0. The molecule has 3 fully saturated rings. The molecular weight excluding hydrogens is 378 g/mol. The highest BCUT2D eigenvalue weighted by atomic mass is 16.5. The van der Waals surface area contributed by atoms with Gasteiger partial charge in [0.1, 0.15) is 5.60 Å². The molecule has 1 aromatic heterocycles. The number of rotatable bonds is 5. The molecule has 1 spiro atoms. The molecule has 2 saturated heterocycles. The number of nitrogens with zero attached hydrogens (tertiary/aromatic N) is 1. The van der Waals surface area contributed by atoms with Crippen molar-refractivity contribution in [3.63, 3.8) is 0 Å². The average molecular weight is 405 g/mol. The van der Waals surface area contributed by atoms with Crippen molar-refractivity contribution >= 4 is 22.7 Å². The Labute approximate surface area is 175 Å². The summed E-state index contributed by atoms with van der Waals surface area (Å²) in [7, 11) is 0. The molecule has 4 heterocycles. The average Bonchev–Trinajstić information content (AvgIpc) is 3.56. The van der Waals surface area contributed by atoms with Crippen LogP contribution in [-0.4, -0.2) is 52.5 Å². The summed E-state index contributed by atoms with van der Waals surface area (Å²) >= 11 is 0. The van der Waals surface area contributed by atoms with E-state index >= 15 is 0 Å². The number of carbonyl (C=O) groups is 2. The van der Waals surface area contributed by atoms with E-state index in [9.17, 15) is 9.59 Å². The van der Waals surface area contributed by atoms with Crippen molar-refractivity contribution in [3.05, 3.63) is 48.2 Å². The van der Waals surface area contributed by atoms with E-state index in [1.54, 1.807) is 0 Å². The van der Waals surface area contributed by atoms with E-state index in [-0.39, 0.29) is 23.8 Å². The molecule has 0 unspecified atom stereocenters. The number of aromatic amines is 1. The highest BCUT2D eigenvalue weighted by molar-refractivity contribution is 5.93. The van der Waals surface area contributed by atoms with Crippen LogP contribution in [0.1, 0.15) is 31.2 Å². The van der Waals surface area contributed by atoms with Crippen LogP contribution in [0, 0.1) is 11.8 Å². The van der Waals surface area contributed by atoms with Crippen molar-refractivity contribution in [3.8, 4) is 0 Å². The molecule has 4 atom stereocenters. The number of aromatic nitrogens is 1. The topological polar surface area (TPSA) is 74.4 Å². The van der Waals surface area contributed by atoms with E-state index in [0.717, 1.165) is 24.8 Å². The predicted octanol–water partition coefficient (Wildman–Crippen LogP) is 2.55. The molecule has 30 heavy (non-hydrogen) atoms. The number of para-hydroxylation sites is 1. The molecule has 1 saturated carbocycles. The summed E-state index contributed by atoms with van der Waals surface area (Å²) in [6, 6.07) is 8.50. The minimum Gasteiger partial charge on any atom is -0.361 e. The van der Waals surface area contributed by atoms with E-state index in [0.29, 0.717) is 19.1 Å². The normalized spacial score (nSPS) is 32.5. The Kier molecular flexibility index (Phi) is 4.07. The second-order valence-corrected chi connectivity index (χ2v) is 9.20. The first-order valence-electron chi connectivity index (χ1n) is 11.2. The number of hydrogen-bond donors (Lipinski definition) is 2. The van der Waals surface area contributed by atoms with Crippen molar-refractivity contribution in [2.24, 2.45) is 11.8 Å². The fourth-order valence-corrected chi connectivity index (χ4v) is 6.13. The van der Waals surface area contributed by atoms with Crippen LogP contribution in [0.3, 0.4) is 0 Å². The maximum atomic E-state index is 13.3. The molecule has 6 nitrogen and oxygen atoms in total. The molecule has 6 heteroatoms. The largest absolute Gasteiger partial charge is 0.361 e. The Hall–Kier alpha value is -2.60. The molecule has 6 rings (SSSR count). The van der Waals surface area contributed by atoms with Gasteiger partial charge in [0.2, 0.25) is 11.8 Å². The van der Waals surface area contributed by atoms with Gasteiger partial charge >= 0.3 is 0 Å². The van der Waals surface area contributed by atoms with Crippen LogP contribution in [0.5, 0.6) is 0 Å². The van der Waals surface area contributed by atoms with Gasteiger partial charge in [-0.3, -0.25) is 9.59 Å². The number of hydrogen-bond acceptors (Lipinski definition) is 3. The molecule has 2 N–H and O–H groups in total. The zero-order valence-corrected chi connectivity index (χ0v) is 17.0. The number of fused-ring (bicyclic) bond motifs is 2. The summed E-state index contributed by atoms with van der Waals surface area (Å²) in [5.74, 6) is -0.735. The Morgan fingerprint density at radius 1 is 1.27 bits per heavy atom. The quantitative estimate of drug-likeness (QED) is 0.751. The fourth-order valence-electron chi connectivity index (χ4n) is 6.13. The Morgan fingerprint density at radius 2 is 2.10 bits per heavy atom. The highest BCUT2D eigenvalue weighted by Gasteiger charge is 2.67. The van der Waals surface area contributed by atoms with Crippen LogP contribution in [0.4, 0.5) is 0 Å². The van der Waals surface area contributed by atoms with E-state index in [1.807, 2.05) is 35.4 Å². The molecule has 156 valence electrons. The first-order valence-corrected chi connectivity index (χ1v) is 11.2. The lowest BCUT2D eigenvalue weighted by molar-refractivity contribution is -0.138. The van der Waals surface area contributed by atoms with Crippen LogP contribution in [0.2, 0.25) is 0 Å². The van der Waals surface area contributed by atoms with Crippen molar-refractivity contribution in [1.29, 1.82) is 0 Å². The SMILES string of the molecule is O=C(NCCc1c[nH]c2ccccc12)[C@H]1[C@H]2C(=O)N(C3CCCC3)C[C@@]23C=C[C@H]1O3. The maximum Gasteiger partial charge on any atom is 0.230 e. The second kappa shape index (κ2) is 6.71. The number of carbonyl (C=O) groups excluding carboxylic acids is 2. The van der Waals surface area contributed by atoms with Crippen molar-refractivity contribution in [2.75, 3.05) is 13.1 Å². The van der Waals surface area contributed by atoms with Gasteiger partial charge in [-0.2, -0.15) is 0 Å². The highest BCUT2D eigenvalue weighted by Crippen LogP contribution is 2.53. The van der Waals surface area contributed by atoms with Gasteiger partial charge in [-0.25, -0.2) is 0 Å². The van der Waals surface area contributed by atoms with Crippen molar-refractivity contribution < 1.29 is 14.3 Å². The minimum atomic E-state index is -0.594. The van der Waals surface area contributed by atoms with E-state index in [2.05, 4.69) is 22.4 Å². The maximum absolute atomic E-state index is 13.3. The summed E-state index contributed by atoms with van der Waals surface area (Å²) in [6.07, 6.45) is 11.0. The Balaban J connectivity index is 1.15. The zero-order chi connectivity index (χ0) is 20.3. The number of H-pyrrole nitrogens is 1. The smallest absolute Gasteiger partial charge is 0.230 e. The second-order valence-electron chi connectivity index (χ2n) is 9.20. The van der Waals surface area contributed by atoms with Crippen LogP contribution in [-0.2, 0) is 20.7 Å². The summed E-state index contributed by atoms with van der Waals surface area (Å²) in [6.45, 7) is 1.15. The molecule has 0 radical (unpaired) electrons. The van der Waals surface area contributed by atoms with Gasteiger partial charge < -0.3 is 19.9 Å². The number of nitrogens with one attached hydrogen (secondary N) is 2. The van der Waals surface area contributed by atoms with Gasteiger partial charge in [-0.15, -0.1) is 0 Å². The minimum absolute atomic E-state index is 0.0577. The van der Waals surface area contributed by atoms with Gasteiger partial charge in [-0.05, 0) is 30.9 Å². The lowest BCUT2D eigenvalue weighted by atomic mass is 9.77. The lowest BCUT2D eigenvalue weighted by Gasteiger charge is -2.27. The van der Waals surface area contributed by atoms with Crippen molar-refractivity contribution in [2.45, 2.75) is 49.9 Å². The first kappa shape index (κ1) is 18.2. The Bertz CT molecular complexity index is 1040.